The molecule has 1 aliphatic heterocycles. The van der Waals surface area contributed by atoms with Gasteiger partial charge in [0, 0.05) is 38.3 Å². The highest BCUT2D eigenvalue weighted by molar-refractivity contribution is 14.0. The molecule has 1 heterocycles. The van der Waals surface area contributed by atoms with Crippen molar-refractivity contribution in [2.24, 2.45) is 4.99 Å². The molecule has 0 unspecified atom stereocenters. The van der Waals surface area contributed by atoms with Crippen LogP contribution in [0.5, 0.6) is 0 Å². The van der Waals surface area contributed by atoms with Crippen molar-refractivity contribution >= 4 is 29.9 Å². The Kier molecular flexibility index (Phi) is 14.5. The molecule has 29 heavy (non-hydrogen) atoms. The molecule has 1 saturated heterocycles. The van der Waals surface area contributed by atoms with Crippen molar-refractivity contribution in [1.82, 2.24) is 15.5 Å². The molecule has 1 aliphatic carbocycles. The Morgan fingerprint density at radius 1 is 1.07 bits per heavy atom. The van der Waals surface area contributed by atoms with E-state index in [-0.39, 0.29) is 29.5 Å². The van der Waals surface area contributed by atoms with Gasteiger partial charge in [-0.3, -0.25) is 9.89 Å². The van der Waals surface area contributed by atoms with E-state index in [9.17, 15) is 0 Å². The van der Waals surface area contributed by atoms with Crippen LogP contribution in [0.15, 0.2) is 4.99 Å². The predicted octanol–water partition coefficient (Wildman–Crippen LogP) is 3.79. The maximum atomic E-state index is 6.01. The van der Waals surface area contributed by atoms with Crippen molar-refractivity contribution in [3.05, 3.63) is 0 Å². The third-order valence-electron chi connectivity index (χ3n) is 5.85. The summed E-state index contributed by atoms with van der Waals surface area (Å²) in [6.45, 7) is 13.9. The van der Waals surface area contributed by atoms with Crippen LogP contribution in [-0.2, 0) is 9.47 Å². The fourth-order valence-corrected chi connectivity index (χ4v) is 3.98. The van der Waals surface area contributed by atoms with Gasteiger partial charge in [-0.05, 0) is 52.9 Å². The number of guanidine groups is 1. The van der Waals surface area contributed by atoms with E-state index in [0.29, 0.717) is 6.10 Å². The zero-order valence-corrected chi connectivity index (χ0v) is 21.3. The first-order chi connectivity index (χ1) is 13.6. The summed E-state index contributed by atoms with van der Waals surface area (Å²) in [6.07, 6.45) is 10.7. The van der Waals surface area contributed by atoms with E-state index in [1.54, 1.807) is 0 Å². The van der Waals surface area contributed by atoms with Gasteiger partial charge in [0.15, 0.2) is 5.96 Å². The lowest BCUT2D eigenvalue weighted by molar-refractivity contribution is -0.00683. The number of hydrogen-bond acceptors (Lipinski definition) is 4. The molecule has 2 N–H and O–H groups in total. The molecule has 1 saturated carbocycles. The van der Waals surface area contributed by atoms with Crippen molar-refractivity contribution in [2.45, 2.75) is 83.8 Å². The van der Waals surface area contributed by atoms with Crippen molar-refractivity contribution in [1.29, 1.82) is 0 Å². The fraction of sp³-hybridized carbons (Fsp3) is 0.955. The molecule has 0 bridgehead atoms. The summed E-state index contributed by atoms with van der Waals surface area (Å²) >= 11 is 0. The predicted molar refractivity (Wildman–Crippen MR) is 133 cm³/mol. The molecule has 2 rings (SSSR count). The van der Waals surface area contributed by atoms with Gasteiger partial charge in [0.2, 0.25) is 0 Å². The third kappa shape index (κ3) is 11.2. The second kappa shape index (κ2) is 15.6. The summed E-state index contributed by atoms with van der Waals surface area (Å²) in [5.41, 5.74) is 0.0581. The number of rotatable bonds is 11. The topological polar surface area (TPSA) is 58.1 Å². The number of halogens is 1. The Bertz CT molecular complexity index is 437. The van der Waals surface area contributed by atoms with Crippen molar-refractivity contribution in [2.75, 3.05) is 52.5 Å². The van der Waals surface area contributed by atoms with Gasteiger partial charge >= 0.3 is 0 Å². The van der Waals surface area contributed by atoms with E-state index in [1.165, 1.54) is 38.5 Å². The van der Waals surface area contributed by atoms with Crippen LogP contribution in [0, 0.1) is 0 Å². The highest BCUT2D eigenvalue weighted by Gasteiger charge is 2.28. The third-order valence-corrected chi connectivity index (χ3v) is 5.85. The van der Waals surface area contributed by atoms with Gasteiger partial charge < -0.3 is 20.1 Å². The molecule has 0 aromatic rings. The van der Waals surface area contributed by atoms with Crippen LogP contribution >= 0.6 is 24.0 Å². The smallest absolute Gasteiger partial charge is 0.191 e. The lowest BCUT2D eigenvalue weighted by Gasteiger charge is -2.39. The summed E-state index contributed by atoms with van der Waals surface area (Å²) in [5.74, 6) is 0.933. The number of nitrogens with zero attached hydrogens (tertiary/aromatic N) is 2. The number of unbranched alkanes of at least 4 members (excludes halogenated alkanes) is 2. The summed E-state index contributed by atoms with van der Waals surface area (Å²) in [6, 6.07) is 0. The van der Waals surface area contributed by atoms with Crippen LogP contribution in [0.4, 0.5) is 0 Å². The normalized spacial score (nSPS) is 19.6. The fourth-order valence-electron chi connectivity index (χ4n) is 3.98. The van der Waals surface area contributed by atoms with Crippen molar-refractivity contribution < 1.29 is 9.47 Å². The molecule has 2 fully saturated rings. The summed E-state index contributed by atoms with van der Waals surface area (Å²) in [7, 11) is 0. The van der Waals surface area contributed by atoms with E-state index in [1.807, 2.05) is 0 Å². The van der Waals surface area contributed by atoms with Gasteiger partial charge in [-0.15, -0.1) is 24.0 Å². The quantitative estimate of drug-likeness (QED) is 0.187. The van der Waals surface area contributed by atoms with Crippen LogP contribution in [0.25, 0.3) is 0 Å². The van der Waals surface area contributed by atoms with E-state index in [0.717, 1.165) is 71.3 Å². The Morgan fingerprint density at radius 2 is 1.79 bits per heavy atom. The monoisotopic (exact) mass is 524 g/mol. The molecule has 6 nitrogen and oxygen atoms in total. The Morgan fingerprint density at radius 3 is 2.48 bits per heavy atom. The molecule has 172 valence electrons. The van der Waals surface area contributed by atoms with Gasteiger partial charge in [-0.25, -0.2) is 0 Å². The Labute approximate surface area is 196 Å². The zero-order chi connectivity index (χ0) is 20.1. The molecule has 0 radical (unpaired) electrons. The van der Waals surface area contributed by atoms with Gasteiger partial charge in [-0.2, -0.15) is 0 Å². The molecule has 0 amide bonds. The van der Waals surface area contributed by atoms with Crippen LogP contribution in [0.2, 0.25) is 0 Å². The standard InChI is InChI=1S/C22H44N4O2.HI/c1-4-23-21(25-19-22(2,3)26-14-17-27-18-15-26)24-13-9-6-10-16-28-20-11-7-5-8-12-20;/h20H,4-19H2,1-3H3,(H2,23,24,25);1H. The van der Waals surface area contributed by atoms with Gasteiger partial charge in [0.25, 0.3) is 0 Å². The Balaban J connectivity index is 0.00000420. The van der Waals surface area contributed by atoms with E-state index in [4.69, 9.17) is 14.5 Å². The number of morpholine rings is 1. The number of nitrogens with one attached hydrogen (secondary N) is 2. The largest absolute Gasteiger partial charge is 0.379 e. The minimum Gasteiger partial charge on any atom is -0.379 e. The van der Waals surface area contributed by atoms with Gasteiger partial charge in [-0.1, -0.05) is 19.3 Å². The number of hydrogen-bond donors (Lipinski definition) is 2. The average Bonchev–Trinajstić information content (AvgIpc) is 2.72. The van der Waals surface area contributed by atoms with E-state index in [2.05, 4.69) is 36.3 Å². The highest BCUT2D eigenvalue weighted by atomic mass is 127. The van der Waals surface area contributed by atoms with Crippen LogP contribution < -0.4 is 10.6 Å². The van der Waals surface area contributed by atoms with Gasteiger partial charge in [0.1, 0.15) is 0 Å². The SMILES string of the molecule is CCNC(=NCC(C)(C)N1CCOCC1)NCCCCCOC1CCCCC1.I. The molecule has 0 aromatic heterocycles. The first kappa shape index (κ1) is 26.9. The van der Waals surface area contributed by atoms with Gasteiger partial charge in [0.05, 0.1) is 25.9 Å². The molecule has 2 aliphatic rings. The Hall–Kier alpha value is -0.120. The molecule has 0 spiro atoms. The summed E-state index contributed by atoms with van der Waals surface area (Å²) < 4.78 is 11.5. The maximum Gasteiger partial charge on any atom is 0.191 e. The summed E-state index contributed by atoms with van der Waals surface area (Å²) in [4.78, 5) is 7.32. The number of ether oxygens (including phenoxy) is 2. The molecule has 0 atom stereocenters. The summed E-state index contributed by atoms with van der Waals surface area (Å²) in [5, 5.41) is 6.87. The zero-order valence-electron chi connectivity index (χ0n) is 19.0. The van der Waals surface area contributed by atoms with Crippen LogP contribution in [0.1, 0.15) is 72.1 Å². The van der Waals surface area contributed by atoms with E-state index < -0.39 is 0 Å². The van der Waals surface area contributed by atoms with Crippen molar-refractivity contribution in [3.63, 3.8) is 0 Å². The minimum atomic E-state index is 0. The minimum absolute atomic E-state index is 0. The molecule has 0 aromatic carbocycles. The van der Waals surface area contributed by atoms with E-state index >= 15 is 0 Å². The van der Waals surface area contributed by atoms with Crippen molar-refractivity contribution in [3.8, 4) is 0 Å². The first-order valence-corrected chi connectivity index (χ1v) is 11.6. The van der Waals surface area contributed by atoms with Crippen LogP contribution in [0.3, 0.4) is 0 Å². The maximum absolute atomic E-state index is 6.01. The second-order valence-corrected chi connectivity index (χ2v) is 8.73. The average molecular weight is 525 g/mol. The lowest BCUT2D eigenvalue weighted by atomic mass is 9.98. The second-order valence-electron chi connectivity index (χ2n) is 8.73. The molecular weight excluding hydrogens is 479 g/mol. The lowest BCUT2D eigenvalue weighted by Crippen LogP contribution is -2.52. The number of aliphatic imine (C=N–C) groups is 1. The molecule has 7 heteroatoms. The molecular formula is C22H45IN4O2. The van der Waals surface area contributed by atoms with Crippen LogP contribution in [-0.4, -0.2) is 75.0 Å². The first-order valence-electron chi connectivity index (χ1n) is 11.6. The highest BCUT2D eigenvalue weighted by Crippen LogP contribution is 2.20.